The average molecular weight is 396 g/mol. The minimum atomic E-state index is -0.378. The van der Waals surface area contributed by atoms with Crippen LogP contribution in [0, 0.1) is 0 Å². The molecule has 2 amide bonds. The van der Waals surface area contributed by atoms with Crippen molar-refractivity contribution in [3.63, 3.8) is 0 Å². The van der Waals surface area contributed by atoms with E-state index in [4.69, 9.17) is 4.74 Å². The van der Waals surface area contributed by atoms with Gasteiger partial charge in [-0.05, 0) is 17.7 Å². The van der Waals surface area contributed by atoms with Gasteiger partial charge in [-0.25, -0.2) is 0 Å². The van der Waals surface area contributed by atoms with E-state index in [0.29, 0.717) is 23.3 Å². The van der Waals surface area contributed by atoms with E-state index in [2.05, 4.69) is 5.32 Å². The van der Waals surface area contributed by atoms with Gasteiger partial charge in [0, 0.05) is 12.0 Å². The van der Waals surface area contributed by atoms with Crippen LogP contribution in [0.15, 0.2) is 36.4 Å². The van der Waals surface area contributed by atoms with E-state index in [1.165, 1.54) is 0 Å². The first-order valence-corrected chi connectivity index (χ1v) is 6.01. The molecular formula is C15H13IN2O3. The number of benzene rings is 2. The van der Waals surface area contributed by atoms with Crippen LogP contribution in [0.3, 0.4) is 0 Å². The van der Waals surface area contributed by atoms with Crippen molar-refractivity contribution < 1.29 is 14.3 Å². The van der Waals surface area contributed by atoms with Gasteiger partial charge in [0.05, 0.1) is 11.1 Å². The molecule has 21 heavy (non-hydrogen) atoms. The molecule has 4 rings (SSSR count). The third-order valence-corrected chi connectivity index (χ3v) is 3.50. The molecule has 0 aliphatic carbocycles. The Morgan fingerprint density at radius 1 is 0.952 bits per heavy atom. The van der Waals surface area contributed by atoms with Crippen molar-refractivity contribution in [3.05, 3.63) is 58.7 Å². The fraction of sp³-hybridized carbons (Fsp3) is 0.0667. The monoisotopic (exact) mass is 396 g/mol. The second-order valence-corrected chi connectivity index (χ2v) is 4.65. The van der Waals surface area contributed by atoms with Crippen molar-refractivity contribution in [2.45, 2.75) is 6.42 Å². The van der Waals surface area contributed by atoms with Gasteiger partial charge >= 0.3 is 0 Å². The first-order valence-electron chi connectivity index (χ1n) is 6.01. The second kappa shape index (κ2) is 5.45. The maximum Gasteiger partial charge on any atom is 0.262 e. The Kier molecular flexibility index (Phi) is 4.02. The Hall–Kier alpha value is -1.93. The molecule has 0 radical (unpaired) electrons. The molecule has 108 valence electrons. The van der Waals surface area contributed by atoms with Crippen LogP contribution in [-0.2, 0) is 6.42 Å². The number of fused-ring (bicyclic) bond motifs is 4. The SMILES string of the molecule is I.N.O=C1NC(=O)c2c1ccc1c2Oc2ccccc2C1. The second-order valence-electron chi connectivity index (χ2n) is 4.65. The number of carbonyl (C=O) groups excluding carboxylic acids is 2. The highest BCUT2D eigenvalue weighted by atomic mass is 127. The number of amides is 2. The number of hydrogen-bond acceptors (Lipinski definition) is 4. The summed E-state index contributed by atoms with van der Waals surface area (Å²) in [6.07, 6.45) is 0.709. The van der Waals surface area contributed by atoms with Crippen LogP contribution in [0.1, 0.15) is 31.8 Å². The van der Waals surface area contributed by atoms with Gasteiger partial charge in [-0.2, -0.15) is 0 Å². The minimum absolute atomic E-state index is 0. The fourth-order valence-corrected chi connectivity index (χ4v) is 2.59. The number of ether oxygens (including phenoxy) is 1. The summed E-state index contributed by atoms with van der Waals surface area (Å²) >= 11 is 0. The molecule has 0 aromatic heterocycles. The lowest BCUT2D eigenvalue weighted by atomic mass is 9.96. The van der Waals surface area contributed by atoms with E-state index in [1.54, 1.807) is 6.07 Å². The smallest absolute Gasteiger partial charge is 0.262 e. The van der Waals surface area contributed by atoms with E-state index < -0.39 is 0 Å². The lowest BCUT2D eigenvalue weighted by Gasteiger charge is -2.21. The average Bonchev–Trinajstić information content (AvgIpc) is 2.72. The zero-order chi connectivity index (χ0) is 13.0. The molecule has 5 nitrogen and oxygen atoms in total. The van der Waals surface area contributed by atoms with Crippen LogP contribution < -0.4 is 16.2 Å². The van der Waals surface area contributed by atoms with Crippen molar-refractivity contribution in [2.75, 3.05) is 0 Å². The number of rotatable bonds is 0. The predicted octanol–water partition coefficient (Wildman–Crippen LogP) is 3.05. The van der Waals surface area contributed by atoms with Gasteiger partial charge in [-0.3, -0.25) is 14.9 Å². The first-order chi connectivity index (χ1) is 9.24. The molecule has 0 fully saturated rings. The van der Waals surface area contributed by atoms with E-state index in [1.807, 2.05) is 30.3 Å². The lowest BCUT2D eigenvalue weighted by molar-refractivity contribution is 0.0879. The van der Waals surface area contributed by atoms with Crippen molar-refractivity contribution in [1.29, 1.82) is 0 Å². The third-order valence-electron chi connectivity index (χ3n) is 3.50. The van der Waals surface area contributed by atoms with E-state index in [-0.39, 0.29) is 41.9 Å². The topological polar surface area (TPSA) is 90.4 Å². The maximum absolute atomic E-state index is 11.8. The molecule has 2 aliphatic rings. The van der Waals surface area contributed by atoms with Gasteiger partial charge in [0.2, 0.25) is 0 Å². The molecule has 2 aromatic rings. The van der Waals surface area contributed by atoms with Gasteiger partial charge in [0.15, 0.2) is 0 Å². The summed E-state index contributed by atoms with van der Waals surface area (Å²) in [5.74, 6) is 0.525. The predicted molar refractivity (Wildman–Crippen MR) is 88.0 cm³/mol. The summed E-state index contributed by atoms with van der Waals surface area (Å²) in [7, 11) is 0. The Morgan fingerprint density at radius 2 is 1.71 bits per heavy atom. The largest absolute Gasteiger partial charge is 0.456 e. The summed E-state index contributed by atoms with van der Waals surface area (Å²) in [4.78, 5) is 23.5. The first kappa shape index (κ1) is 15.5. The zero-order valence-electron chi connectivity index (χ0n) is 11.0. The number of imide groups is 1. The van der Waals surface area contributed by atoms with Gasteiger partial charge in [0.25, 0.3) is 11.8 Å². The maximum atomic E-state index is 11.8. The molecule has 2 aromatic carbocycles. The van der Waals surface area contributed by atoms with Crippen molar-refractivity contribution >= 4 is 35.8 Å². The van der Waals surface area contributed by atoms with Crippen molar-refractivity contribution in [1.82, 2.24) is 11.5 Å². The van der Waals surface area contributed by atoms with Crippen molar-refractivity contribution in [3.8, 4) is 11.5 Å². The highest BCUT2D eigenvalue weighted by Gasteiger charge is 2.33. The lowest BCUT2D eigenvalue weighted by Crippen LogP contribution is -2.20. The van der Waals surface area contributed by atoms with Crippen molar-refractivity contribution in [2.24, 2.45) is 0 Å². The molecule has 0 saturated carbocycles. The molecule has 0 unspecified atom stereocenters. The molecule has 6 heteroatoms. The van der Waals surface area contributed by atoms with Crippen LogP contribution in [0.2, 0.25) is 0 Å². The van der Waals surface area contributed by atoms with Crippen LogP contribution in [0.4, 0.5) is 0 Å². The van der Waals surface area contributed by atoms with E-state index >= 15 is 0 Å². The molecule has 0 atom stereocenters. The normalized spacial score (nSPS) is 13.7. The van der Waals surface area contributed by atoms with Gasteiger partial charge in [0.1, 0.15) is 11.5 Å². The molecule has 0 spiro atoms. The van der Waals surface area contributed by atoms with Crippen LogP contribution in [0.25, 0.3) is 0 Å². The summed E-state index contributed by atoms with van der Waals surface area (Å²) in [6.45, 7) is 0. The quantitative estimate of drug-likeness (QED) is 0.452. The fourth-order valence-electron chi connectivity index (χ4n) is 2.59. The number of para-hydroxylation sites is 1. The van der Waals surface area contributed by atoms with Crippen LogP contribution >= 0.6 is 24.0 Å². The summed E-state index contributed by atoms with van der Waals surface area (Å²) < 4.78 is 5.83. The van der Waals surface area contributed by atoms with E-state index in [9.17, 15) is 9.59 Å². The van der Waals surface area contributed by atoms with Crippen LogP contribution in [0.5, 0.6) is 11.5 Å². The summed E-state index contributed by atoms with van der Waals surface area (Å²) in [6, 6.07) is 11.2. The number of halogens is 1. The van der Waals surface area contributed by atoms with E-state index in [0.717, 1.165) is 16.9 Å². The minimum Gasteiger partial charge on any atom is -0.456 e. The highest BCUT2D eigenvalue weighted by molar-refractivity contribution is 14.0. The molecule has 2 heterocycles. The molecule has 0 saturated heterocycles. The molecule has 2 aliphatic heterocycles. The number of hydrogen-bond donors (Lipinski definition) is 2. The molecular weight excluding hydrogens is 383 g/mol. The third kappa shape index (κ3) is 2.20. The Morgan fingerprint density at radius 3 is 2.52 bits per heavy atom. The molecule has 4 N–H and O–H groups in total. The van der Waals surface area contributed by atoms with Gasteiger partial charge < -0.3 is 10.9 Å². The summed E-state index contributed by atoms with van der Waals surface area (Å²) in [5, 5.41) is 2.30. The Bertz CT molecular complexity index is 759. The zero-order valence-corrected chi connectivity index (χ0v) is 13.3. The number of carbonyl (C=O) groups is 2. The Balaban J connectivity index is 0.000000807. The number of nitrogens with one attached hydrogen (secondary N) is 1. The molecule has 0 bridgehead atoms. The van der Waals surface area contributed by atoms with Crippen LogP contribution in [-0.4, -0.2) is 11.8 Å². The highest BCUT2D eigenvalue weighted by Crippen LogP contribution is 2.40. The standard InChI is InChI=1S/C15H9NO3.HI.H3N/c17-14-10-6-5-9-7-8-3-1-2-4-11(8)19-13(9)12(10)15(18)16-14;;/h1-6H,7H2,(H,16,17,18);1H;1H3. The van der Waals surface area contributed by atoms with Gasteiger partial charge in [-0.15, -0.1) is 24.0 Å². The summed E-state index contributed by atoms with van der Waals surface area (Å²) in [5.41, 5.74) is 2.77. The Labute approximate surface area is 138 Å². The van der Waals surface area contributed by atoms with Gasteiger partial charge in [-0.1, -0.05) is 24.3 Å².